The number of pyridine rings is 1. The molecule has 2 N–H and O–H groups in total. The molecule has 1 aliphatic rings. The maximum Gasteiger partial charge on any atom is 0.423 e. The van der Waals surface area contributed by atoms with E-state index in [1.54, 1.807) is 5.10 Å². The van der Waals surface area contributed by atoms with E-state index in [9.17, 15) is 35.9 Å². The molecule has 1 aliphatic carbocycles. The number of anilines is 1. The van der Waals surface area contributed by atoms with Gasteiger partial charge in [0.25, 0.3) is 11.1 Å². The van der Waals surface area contributed by atoms with Crippen LogP contribution in [-0.2, 0) is 18.9 Å². The van der Waals surface area contributed by atoms with Crippen molar-refractivity contribution >= 4 is 16.5 Å². The lowest BCUT2D eigenvalue weighted by Gasteiger charge is -2.19. The number of hydrogen-bond acceptors (Lipinski definition) is 9. The van der Waals surface area contributed by atoms with Gasteiger partial charge in [-0.2, -0.15) is 31.4 Å². The molecule has 0 radical (unpaired) electrons. The van der Waals surface area contributed by atoms with Crippen molar-refractivity contribution in [3.63, 3.8) is 0 Å². The highest BCUT2D eigenvalue weighted by Gasteiger charge is 2.38. The summed E-state index contributed by atoms with van der Waals surface area (Å²) in [6, 6.07) is 2.69. The maximum atomic E-state index is 15.0. The van der Waals surface area contributed by atoms with E-state index in [0.29, 0.717) is 18.3 Å². The minimum Gasteiger partial charge on any atom is -0.423 e. The number of alkyl halides is 6. The highest BCUT2D eigenvalue weighted by molar-refractivity contribution is 5.86. The molecule has 6 rings (SSSR count). The largest absolute Gasteiger partial charge is 0.423 e. The number of H-pyrrole nitrogens is 1. The van der Waals surface area contributed by atoms with Gasteiger partial charge in [-0.25, -0.2) is 19.5 Å². The average Bonchev–Trinajstić information content (AvgIpc) is 3.73. The maximum absolute atomic E-state index is 15.0. The third kappa shape index (κ3) is 6.32. The van der Waals surface area contributed by atoms with Gasteiger partial charge in [-0.3, -0.25) is 9.59 Å². The number of benzene rings is 1. The zero-order valence-electron chi connectivity index (χ0n) is 23.3. The lowest BCUT2D eigenvalue weighted by atomic mass is 10.1. The lowest BCUT2D eigenvalue weighted by molar-refractivity contribution is -0.139. The second-order valence-electron chi connectivity index (χ2n) is 10.6. The number of aromatic nitrogens is 7. The van der Waals surface area contributed by atoms with Crippen LogP contribution in [0.1, 0.15) is 60.6 Å². The SMILES string of the molecule is O=c1[nH]ncc(N[C@H](CCCn2ccc3cc(-c4ncc(C(F)(F)F)cn4)c(F)cc3c2=O)c2nnc(C3CC3)o2)c1C(F)(F)F. The molecule has 18 heteroatoms. The topological polar surface area (TPSA) is 144 Å². The van der Waals surface area contributed by atoms with E-state index in [0.717, 1.165) is 25.1 Å². The Kier molecular flexibility index (Phi) is 7.81. The highest BCUT2D eigenvalue weighted by Crippen LogP contribution is 2.40. The van der Waals surface area contributed by atoms with Crippen LogP contribution in [-0.4, -0.2) is 34.9 Å². The van der Waals surface area contributed by atoms with Crippen LogP contribution in [0.25, 0.3) is 22.2 Å². The van der Waals surface area contributed by atoms with Crippen molar-refractivity contribution in [2.75, 3.05) is 5.32 Å². The molecule has 1 saturated carbocycles. The molecule has 4 heterocycles. The first kappa shape index (κ1) is 30.8. The van der Waals surface area contributed by atoms with E-state index >= 15 is 4.39 Å². The number of fused-ring (bicyclic) bond motifs is 1. The standard InChI is InChI=1S/C28H21F7N8O3/c29-18-9-16-14(8-17(18)22-36-10-15(11-37-22)27(30,31)32)5-7-43(26(16)45)6-1-2-19(25-42-41-24(46-25)13-3-4-13)39-20-12-38-40-23(44)21(20)28(33,34)35/h5,7-13,19H,1-4,6H2,(H2,39,40,44)/t19-/m1/s1. The van der Waals surface area contributed by atoms with Gasteiger partial charge in [-0.1, -0.05) is 0 Å². The van der Waals surface area contributed by atoms with Gasteiger partial charge in [-0.05, 0) is 49.3 Å². The molecule has 0 amide bonds. The molecule has 0 saturated heterocycles. The monoisotopic (exact) mass is 650 g/mol. The van der Waals surface area contributed by atoms with Crippen LogP contribution >= 0.6 is 0 Å². The molecule has 0 spiro atoms. The van der Waals surface area contributed by atoms with Crippen LogP contribution in [0.5, 0.6) is 0 Å². The Morgan fingerprint density at radius 2 is 1.76 bits per heavy atom. The summed E-state index contributed by atoms with van der Waals surface area (Å²) in [5, 5.41) is 16.1. The summed E-state index contributed by atoms with van der Waals surface area (Å²) in [6.45, 7) is 0.0434. The predicted octanol–water partition coefficient (Wildman–Crippen LogP) is 5.61. The molecule has 1 aromatic carbocycles. The fourth-order valence-electron chi connectivity index (χ4n) is 4.85. The van der Waals surface area contributed by atoms with Crippen molar-refractivity contribution in [1.82, 2.24) is 34.9 Å². The van der Waals surface area contributed by atoms with Crippen molar-refractivity contribution in [3.05, 3.63) is 92.4 Å². The van der Waals surface area contributed by atoms with Crippen LogP contribution < -0.4 is 16.4 Å². The fraction of sp³-hybridized carbons (Fsp3) is 0.321. The molecule has 11 nitrogen and oxygen atoms in total. The number of halogens is 7. The van der Waals surface area contributed by atoms with Gasteiger partial charge in [0, 0.05) is 31.1 Å². The Bertz CT molecular complexity index is 2020. The van der Waals surface area contributed by atoms with Crippen molar-refractivity contribution in [1.29, 1.82) is 0 Å². The minimum atomic E-state index is -5.00. The van der Waals surface area contributed by atoms with Crippen LogP contribution in [0.15, 0.2) is 57.0 Å². The third-order valence-corrected chi connectivity index (χ3v) is 7.33. The Morgan fingerprint density at radius 3 is 2.43 bits per heavy atom. The van der Waals surface area contributed by atoms with E-state index in [1.165, 1.54) is 22.9 Å². The number of rotatable bonds is 9. The van der Waals surface area contributed by atoms with Gasteiger partial charge >= 0.3 is 12.4 Å². The second kappa shape index (κ2) is 11.6. The summed E-state index contributed by atoms with van der Waals surface area (Å²) in [4.78, 5) is 32.4. The summed E-state index contributed by atoms with van der Waals surface area (Å²) < 4.78 is 102. The Morgan fingerprint density at radius 1 is 1.02 bits per heavy atom. The third-order valence-electron chi connectivity index (χ3n) is 7.33. The zero-order valence-corrected chi connectivity index (χ0v) is 23.3. The Labute approximate surface area is 252 Å². The normalized spacial score (nSPS) is 14.5. The van der Waals surface area contributed by atoms with Crippen LogP contribution in [0.4, 0.5) is 36.4 Å². The summed E-state index contributed by atoms with van der Waals surface area (Å²) >= 11 is 0. The lowest BCUT2D eigenvalue weighted by Crippen LogP contribution is -2.26. The summed E-state index contributed by atoms with van der Waals surface area (Å²) in [7, 11) is 0. The molecular formula is C28H21F7N8O3. The quantitative estimate of drug-likeness (QED) is 0.195. The van der Waals surface area contributed by atoms with Crippen LogP contribution in [0.3, 0.4) is 0 Å². The first-order chi connectivity index (χ1) is 21.8. The summed E-state index contributed by atoms with van der Waals surface area (Å²) in [5.41, 5.74) is -5.42. The van der Waals surface area contributed by atoms with Gasteiger partial charge < -0.3 is 14.3 Å². The van der Waals surface area contributed by atoms with Gasteiger partial charge in [0.15, 0.2) is 5.82 Å². The summed E-state index contributed by atoms with van der Waals surface area (Å²) in [6.07, 6.45) is -4.44. The number of aromatic amines is 1. The number of hydrogen-bond donors (Lipinski definition) is 2. The number of nitrogens with zero attached hydrogens (tertiary/aromatic N) is 6. The molecule has 1 fully saturated rings. The zero-order chi connectivity index (χ0) is 32.8. The molecular weight excluding hydrogens is 629 g/mol. The second-order valence-corrected chi connectivity index (χ2v) is 10.6. The van der Waals surface area contributed by atoms with Gasteiger partial charge in [0.1, 0.15) is 17.4 Å². The van der Waals surface area contributed by atoms with Crippen molar-refractivity contribution in [3.8, 4) is 11.4 Å². The van der Waals surface area contributed by atoms with Crippen LogP contribution in [0, 0.1) is 5.82 Å². The predicted molar refractivity (Wildman–Crippen MR) is 146 cm³/mol. The first-order valence-corrected chi connectivity index (χ1v) is 13.8. The van der Waals surface area contributed by atoms with E-state index in [-0.39, 0.29) is 53.4 Å². The van der Waals surface area contributed by atoms with Gasteiger partial charge in [0.2, 0.25) is 11.8 Å². The average molecular weight is 651 g/mol. The van der Waals surface area contributed by atoms with E-state index in [4.69, 9.17) is 4.42 Å². The Hall–Kier alpha value is -5.16. The minimum absolute atomic E-state index is 0.0127. The molecule has 0 bridgehead atoms. The molecule has 240 valence electrons. The molecule has 0 unspecified atom stereocenters. The van der Waals surface area contributed by atoms with Crippen molar-refractivity contribution < 1.29 is 35.2 Å². The summed E-state index contributed by atoms with van der Waals surface area (Å²) in [5.74, 6) is -0.833. The van der Waals surface area contributed by atoms with Crippen LogP contribution in [0.2, 0.25) is 0 Å². The van der Waals surface area contributed by atoms with E-state index in [2.05, 4.69) is 30.6 Å². The first-order valence-electron chi connectivity index (χ1n) is 13.8. The Balaban J connectivity index is 1.23. The molecule has 1 atom stereocenters. The molecule has 5 aromatic rings. The molecule has 0 aliphatic heterocycles. The van der Waals surface area contributed by atoms with E-state index < -0.39 is 52.1 Å². The number of aryl methyl sites for hydroxylation is 1. The van der Waals surface area contributed by atoms with Gasteiger partial charge in [-0.15, -0.1) is 10.2 Å². The fourth-order valence-corrected chi connectivity index (χ4v) is 4.85. The van der Waals surface area contributed by atoms with Crippen molar-refractivity contribution in [2.24, 2.45) is 0 Å². The van der Waals surface area contributed by atoms with Gasteiger partial charge in [0.05, 0.1) is 28.4 Å². The smallest absolute Gasteiger partial charge is 0.423 e. The highest BCUT2D eigenvalue weighted by atomic mass is 19.4. The number of nitrogens with one attached hydrogen (secondary N) is 2. The van der Waals surface area contributed by atoms with E-state index in [1.807, 2.05) is 0 Å². The molecule has 46 heavy (non-hydrogen) atoms. The molecule has 4 aromatic heterocycles. The van der Waals surface area contributed by atoms with Crippen molar-refractivity contribution in [2.45, 2.75) is 56.5 Å².